The average molecular weight is 234 g/mol. The molecule has 1 fully saturated rings. The van der Waals surface area contributed by atoms with Gasteiger partial charge in [0.2, 0.25) is 0 Å². The first kappa shape index (κ1) is 14.2. The fourth-order valence-electron chi connectivity index (χ4n) is 2.08. The Kier molecular flexibility index (Phi) is 6.90. The van der Waals surface area contributed by atoms with Crippen LogP contribution in [0.5, 0.6) is 0 Å². The molecule has 2 nitrogen and oxygen atoms in total. The molecule has 0 aliphatic heterocycles. The molecular formula is C15H26N2. The summed E-state index contributed by atoms with van der Waals surface area (Å²) in [5.41, 5.74) is 7.00. The van der Waals surface area contributed by atoms with Gasteiger partial charge in [-0.1, -0.05) is 49.6 Å². The number of rotatable bonds is 2. The van der Waals surface area contributed by atoms with E-state index in [-0.39, 0.29) is 0 Å². The minimum Gasteiger partial charge on any atom is -0.328 e. The van der Waals surface area contributed by atoms with Gasteiger partial charge in [-0.05, 0) is 32.5 Å². The van der Waals surface area contributed by atoms with Gasteiger partial charge in [-0.25, -0.2) is 0 Å². The number of nitrogens with two attached hydrogens (primary N) is 1. The maximum absolute atomic E-state index is 5.63. The molecule has 17 heavy (non-hydrogen) atoms. The largest absolute Gasteiger partial charge is 0.328 e. The number of benzene rings is 1. The van der Waals surface area contributed by atoms with Gasteiger partial charge < -0.3 is 10.6 Å². The van der Waals surface area contributed by atoms with Crippen LogP contribution < -0.4 is 5.73 Å². The Bertz CT molecular complexity index is 276. The lowest BCUT2D eigenvalue weighted by Gasteiger charge is -2.15. The Balaban J connectivity index is 0.000000181. The van der Waals surface area contributed by atoms with Crippen molar-refractivity contribution in [3.8, 4) is 0 Å². The van der Waals surface area contributed by atoms with Crippen LogP contribution in [0, 0.1) is 0 Å². The van der Waals surface area contributed by atoms with E-state index in [4.69, 9.17) is 5.73 Å². The lowest BCUT2D eigenvalue weighted by Crippen LogP contribution is -2.22. The van der Waals surface area contributed by atoms with E-state index in [1.54, 1.807) is 0 Å². The van der Waals surface area contributed by atoms with Crippen LogP contribution in [0.1, 0.15) is 37.7 Å². The standard InChI is InChI=1S/C9H13N.C6H13N/c1-10(2)8-9-6-4-3-5-7-9;7-6-4-2-1-3-5-6/h3-7H,8H2,1-2H3;6H,1-5,7H2. The second-order valence-corrected chi connectivity index (χ2v) is 5.12. The van der Waals surface area contributed by atoms with Gasteiger partial charge in [-0.15, -0.1) is 0 Å². The molecule has 96 valence electrons. The second-order valence-electron chi connectivity index (χ2n) is 5.12. The smallest absolute Gasteiger partial charge is 0.0227 e. The molecule has 0 spiro atoms. The fraction of sp³-hybridized carbons (Fsp3) is 0.600. The molecule has 0 bridgehead atoms. The highest BCUT2D eigenvalue weighted by atomic mass is 15.0. The van der Waals surface area contributed by atoms with Crippen LogP contribution in [-0.4, -0.2) is 25.0 Å². The summed E-state index contributed by atoms with van der Waals surface area (Å²) in [6, 6.07) is 11.0. The maximum atomic E-state index is 5.63. The molecule has 0 heterocycles. The second kappa shape index (κ2) is 8.26. The fourth-order valence-corrected chi connectivity index (χ4v) is 2.08. The molecule has 1 aromatic rings. The van der Waals surface area contributed by atoms with Crippen molar-refractivity contribution >= 4 is 0 Å². The van der Waals surface area contributed by atoms with Crippen molar-refractivity contribution in [3.63, 3.8) is 0 Å². The predicted octanol–water partition coefficient (Wildman–Crippen LogP) is 3.03. The van der Waals surface area contributed by atoms with E-state index in [0.29, 0.717) is 6.04 Å². The van der Waals surface area contributed by atoms with Gasteiger partial charge in [-0.2, -0.15) is 0 Å². The van der Waals surface area contributed by atoms with E-state index in [1.807, 2.05) is 6.07 Å². The summed E-state index contributed by atoms with van der Waals surface area (Å²) in [7, 11) is 4.15. The molecule has 2 heteroatoms. The van der Waals surface area contributed by atoms with Gasteiger partial charge in [-0.3, -0.25) is 0 Å². The molecule has 1 aliphatic rings. The first-order valence-corrected chi connectivity index (χ1v) is 6.62. The van der Waals surface area contributed by atoms with Gasteiger partial charge in [0, 0.05) is 12.6 Å². The number of hydrogen-bond donors (Lipinski definition) is 1. The summed E-state index contributed by atoms with van der Waals surface area (Å²) < 4.78 is 0. The maximum Gasteiger partial charge on any atom is 0.0227 e. The Morgan fingerprint density at radius 3 is 2.06 bits per heavy atom. The molecule has 2 N–H and O–H groups in total. The number of hydrogen-bond acceptors (Lipinski definition) is 2. The van der Waals surface area contributed by atoms with Crippen LogP contribution in [-0.2, 0) is 6.54 Å². The van der Waals surface area contributed by atoms with Gasteiger partial charge in [0.15, 0.2) is 0 Å². The third kappa shape index (κ3) is 7.14. The molecule has 0 atom stereocenters. The van der Waals surface area contributed by atoms with E-state index < -0.39 is 0 Å². The van der Waals surface area contributed by atoms with Crippen LogP contribution in [0.3, 0.4) is 0 Å². The third-order valence-electron chi connectivity index (χ3n) is 2.99. The monoisotopic (exact) mass is 234 g/mol. The summed E-state index contributed by atoms with van der Waals surface area (Å²) in [6.07, 6.45) is 6.66. The molecule has 0 radical (unpaired) electrons. The van der Waals surface area contributed by atoms with Gasteiger partial charge in [0.25, 0.3) is 0 Å². The zero-order valence-corrected chi connectivity index (χ0v) is 11.2. The van der Waals surface area contributed by atoms with Gasteiger partial charge in [0.1, 0.15) is 0 Å². The van der Waals surface area contributed by atoms with E-state index in [1.165, 1.54) is 37.7 Å². The molecule has 1 aromatic carbocycles. The summed E-state index contributed by atoms with van der Waals surface area (Å²) in [6.45, 7) is 1.03. The average Bonchev–Trinajstić information content (AvgIpc) is 2.31. The predicted molar refractivity (Wildman–Crippen MR) is 74.9 cm³/mol. The highest BCUT2D eigenvalue weighted by Gasteiger charge is 2.06. The first-order chi connectivity index (χ1) is 8.18. The SMILES string of the molecule is CN(C)Cc1ccccc1.NC1CCCCC1. The molecule has 1 aliphatic carbocycles. The van der Waals surface area contributed by atoms with Crippen molar-refractivity contribution in [2.45, 2.75) is 44.7 Å². The van der Waals surface area contributed by atoms with Crippen LogP contribution in [0.25, 0.3) is 0 Å². The molecule has 0 amide bonds. The van der Waals surface area contributed by atoms with Crippen LogP contribution in [0.4, 0.5) is 0 Å². The summed E-state index contributed by atoms with van der Waals surface area (Å²) in [5.74, 6) is 0. The first-order valence-electron chi connectivity index (χ1n) is 6.62. The molecule has 0 aromatic heterocycles. The summed E-state index contributed by atoms with van der Waals surface area (Å²) in [5, 5.41) is 0. The minimum absolute atomic E-state index is 0.536. The molecule has 0 saturated heterocycles. The minimum atomic E-state index is 0.536. The van der Waals surface area contributed by atoms with E-state index in [2.05, 4.69) is 43.3 Å². The van der Waals surface area contributed by atoms with E-state index in [9.17, 15) is 0 Å². The highest BCUT2D eigenvalue weighted by molar-refractivity contribution is 5.14. The van der Waals surface area contributed by atoms with Crippen LogP contribution >= 0.6 is 0 Å². The molecular weight excluding hydrogens is 208 g/mol. The van der Waals surface area contributed by atoms with Gasteiger partial charge >= 0.3 is 0 Å². The zero-order chi connectivity index (χ0) is 12.5. The van der Waals surface area contributed by atoms with E-state index >= 15 is 0 Å². The Hall–Kier alpha value is -0.860. The normalized spacial score (nSPS) is 16.5. The lowest BCUT2D eigenvalue weighted by molar-refractivity contribution is 0.402. The van der Waals surface area contributed by atoms with Crippen molar-refractivity contribution in [2.24, 2.45) is 5.73 Å². The van der Waals surface area contributed by atoms with Crippen LogP contribution in [0.2, 0.25) is 0 Å². The van der Waals surface area contributed by atoms with Crippen LogP contribution in [0.15, 0.2) is 30.3 Å². The Morgan fingerprint density at radius 1 is 1.06 bits per heavy atom. The Morgan fingerprint density at radius 2 is 1.65 bits per heavy atom. The topological polar surface area (TPSA) is 29.3 Å². The van der Waals surface area contributed by atoms with Crippen molar-refractivity contribution in [2.75, 3.05) is 14.1 Å². The molecule has 0 unspecified atom stereocenters. The summed E-state index contributed by atoms with van der Waals surface area (Å²) in [4.78, 5) is 2.16. The molecule has 1 saturated carbocycles. The number of nitrogens with zero attached hydrogens (tertiary/aromatic N) is 1. The van der Waals surface area contributed by atoms with Crippen molar-refractivity contribution < 1.29 is 0 Å². The van der Waals surface area contributed by atoms with E-state index in [0.717, 1.165) is 6.54 Å². The van der Waals surface area contributed by atoms with Gasteiger partial charge in [0.05, 0.1) is 0 Å². The third-order valence-corrected chi connectivity index (χ3v) is 2.99. The molecule has 2 rings (SSSR count). The Labute approximate surface area is 106 Å². The van der Waals surface area contributed by atoms with Crippen molar-refractivity contribution in [1.29, 1.82) is 0 Å². The highest BCUT2D eigenvalue weighted by Crippen LogP contribution is 2.14. The summed E-state index contributed by atoms with van der Waals surface area (Å²) >= 11 is 0. The lowest BCUT2D eigenvalue weighted by atomic mass is 9.97. The zero-order valence-electron chi connectivity index (χ0n) is 11.2. The van der Waals surface area contributed by atoms with Crippen molar-refractivity contribution in [1.82, 2.24) is 4.90 Å². The van der Waals surface area contributed by atoms with Crippen molar-refractivity contribution in [3.05, 3.63) is 35.9 Å². The quantitative estimate of drug-likeness (QED) is 0.852.